The van der Waals surface area contributed by atoms with E-state index in [1.54, 1.807) is 6.07 Å². The Labute approximate surface area is 117 Å². The van der Waals surface area contributed by atoms with Gasteiger partial charge >= 0.3 is 0 Å². The second-order valence-electron chi connectivity index (χ2n) is 5.15. The Morgan fingerprint density at radius 1 is 1.39 bits per heavy atom. The molecule has 2 nitrogen and oxygen atoms in total. The molecule has 1 heterocycles. The molecular formula is C14H20BrFN2. The number of likely N-dealkylation sites (N-methyl/N-ethyl adjacent to an activating group) is 1. The molecule has 1 unspecified atom stereocenters. The molecule has 0 radical (unpaired) electrons. The van der Waals surface area contributed by atoms with Gasteiger partial charge in [0.25, 0.3) is 0 Å². The molecule has 1 aliphatic rings. The summed E-state index contributed by atoms with van der Waals surface area (Å²) in [4.78, 5) is 4.80. The maximum absolute atomic E-state index is 13.5. The normalized spacial score (nSPS) is 23.0. The van der Waals surface area contributed by atoms with E-state index in [9.17, 15) is 4.39 Å². The molecule has 0 spiro atoms. The van der Waals surface area contributed by atoms with Crippen molar-refractivity contribution in [2.45, 2.75) is 25.9 Å². The number of halogens is 2. The van der Waals surface area contributed by atoms with Gasteiger partial charge in [-0.2, -0.15) is 0 Å². The molecular weight excluding hydrogens is 295 g/mol. The van der Waals surface area contributed by atoms with Crippen molar-refractivity contribution >= 4 is 15.9 Å². The van der Waals surface area contributed by atoms with Gasteiger partial charge in [0, 0.05) is 25.7 Å². The molecule has 1 aliphatic heterocycles. The second-order valence-corrected chi connectivity index (χ2v) is 5.94. The Balaban J connectivity index is 2.10. The van der Waals surface area contributed by atoms with Crippen molar-refractivity contribution in [1.82, 2.24) is 9.80 Å². The number of hydrogen-bond donors (Lipinski definition) is 0. The highest BCUT2D eigenvalue weighted by Gasteiger charge is 2.20. The molecule has 0 amide bonds. The van der Waals surface area contributed by atoms with E-state index in [1.807, 2.05) is 6.07 Å². The third-order valence-corrected chi connectivity index (χ3v) is 4.48. The molecule has 18 heavy (non-hydrogen) atoms. The summed E-state index contributed by atoms with van der Waals surface area (Å²) in [6.07, 6.45) is 1.17. The molecule has 1 aromatic carbocycles. The quantitative estimate of drug-likeness (QED) is 0.827. The lowest BCUT2D eigenvalue weighted by atomic mass is 10.1. The van der Waals surface area contributed by atoms with Crippen molar-refractivity contribution in [1.29, 1.82) is 0 Å². The van der Waals surface area contributed by atoms with Crippen LogP contribution in [-0.4, -0.2) is 42.5 Å². The molecule has 0 N–H and O–H groups in total. The molecule has 1 fully saturated rings. The lowest BCUT2D eigenvalue weighted by Gasteiger charge is -2.28. The maximum atomic E-state index is 13.5. The van der Waals surface area contributed by atoms with Crippen LogP contribution in [0.15, 0.2) is 22.7 Å². The van der Waals surface area contributed by atoms with Gasteiger partial charge in [-0.05, 0) is 54.5 Å². The average Bonchev–Trinajstić information content (AvgIpc) is 2.47. The van der Waals surface area contributed by atoms with Crippen molar-refractivity contribution in [2.24, 2.45) is 0 Å². The van der Waals surface area contributed by atoms with Crippen molar-refractivity contribution in [3.63, 3.8) is 0 Å². The van der Waals surface area contributed by atoms with Crippen LogP contribution in [0.3, 0.4) is 0 Å². The van der Waals surface area contributed by atoms with Crippen LogP contribution in [-0.2, 0) is 6.54 Å². The van der Waals surface area contributed by atoms with Gasteiger partial charge in [-0.1, -0.05) is 12.1 Å². The SMILES string of the molecule is CC1CN(C)CCCN1Cc1cccc(F)c1Br. The predicted octanol–water partition coefficient (Wildman–Crippen LogP) is 3.11. The highest BCUT2D eigenvalue weighted by atomic mass is 79.9. The molecule has 100 valence electrons. The number of hydrogen-bond acceptors (Lipinski definition) is 2. The molecule has 4 heteroatoms. The van der Waals surface area contributed by atoms with Gasteiger partial charge in [0.2, 0.25) is 0 Å². The van der Waals surface area contributed by atoms with Crippen molar-refractivity contribution in [2.75, 3.05) is 26.7 Å². The second kappa shape index (κ2) is 6.13. The van der Waals surface area contributed by atoms with Crippen LogP contribution in [0.4, 0.5) is 4.39 Å². The van der Waals surface area contributed by atoms with Gasteiger partial charge in [-0.25, -0.2) is 4.39 Å². The Hall–Kier alpha value is -0.450. The van der Waals surface area contributed by atoms with Gasteiger partial charge in [0.1, 0.15) is 5.82 Å². The molecule has 1 atom stereocenters. The minimum absolute atomic E-state index is 0.174. The zero-order valence-electron chi connectivity index (χ0n) is 11.0. The van der Waals surface area contributed by atoms with E-state index < -0.39 is 0 Å². The van der Waals surface area contributed by atoms with Crippen molar-refractivity contribution in [3.05, 3.63) is 34.1 Å². The lowest BCUT2D eigenvalue weighted by Crippen LogP contribution is -2.37. The Bertz CT molecular complexity index is 411. The van der Waals surface area contributed by atoms with Gasteiger partial charge in [0.15, 0.2) is 0 Å². The minimum Gasteiger partial charge on any atom is -0.305 e. The van der Waals surface area contributed by atoms with E-state index >= 15 is 0 Å². The summed E-state index contributed by atoms with van der Waals surface area (Å²) < 4.78 is 14.1. The molecule has 0 bridgehead atoms. The van der Waals surface area contributed by atoms with Crippen LogP contribution in [0.1, 0.15) is 18.9 Å². The van der Waals surface area contributed by atoms with E-state index in [-0.39, 0.29) is 5.82 Å². The zero-order chi connectivity index (χ0) is 13.1. The molecule has 0 saturated carbocycles. The molecule has 1 aromatic rings. The summed E-state index contributed by atoms with van der Waals surface area (Å²) in [5.74, 6) is -0.174. The molecule has 0 aromatic heterocycles. The molecule has 0 aliphatic carbocycles. The summed E-state index contributed by atoms with van der Waals surface area (Å²) in [6.45, 7) is 6.36. The van der Waals surface area contributed by atoms with E-state index in [2.05, 4.69) is 39.7 Å². The Morgan fingerprint density at radius 3 is 2.94 bits per heavy atom. The van der Waals surface area contributed by atoms with Gasteiger partial charge in [-0.15, -0.1) is 0 Å². The van der Waals surface area contributed by atoms with Crippen molar-refractivity contribution in [3.8, 4) is 0 Å². The van der Waals surface area contributed by atoms with E-state index in [1.165, 1.54) is 12.5 Å². The summed E-state index contributed by atoms with van der Waals surface area (Å²) in [5, 5.41) is 0. The van der Waals surface area contributed by atoms with Crippen LogP contribution in [0, 0.1) is 5.82 Å². The van der Waals surface area contributed by atoms with E-state index in [0.29, 0.717) is 10.5 Å². The van der Waals surface area contributed by atoms with Crippen LogP contribution >= 0.6 is 15.9 Å². The first-order valence-corrected chi connectivity index (χ1v) is 7.22. The van der Waals surface area contributed by atoms with Crippen LogP contribution in [0.25, 0.3) is 0 Å². The highest BCUT2D eigenvalue weighted by Crippen LogP contribution is 2.23. The summed E-state index contributed by atoms with van der Waals surface area (Å²) in [7, 11) is 2.16. The summed E-state index contributed by atoms with van der Waals surface area (Å²) in [6, 6.07) is 5.78. The predicted molar refractivity (Wildman–Crippen MR) is 76.1 cm³/mol. The highest BCUT2D eigenvalue weighted by molar-refractivity contribution is 9.10. The third-order valence-electron chi connectivity index (χ3n) is 3.59. The minimum atomic E-state index is -0.174. The van der Waals surface area contributed by atoms with Crippen LogP contribution in [0.2, 0.25) is 0 Å². The maximum Gasteiger partial charge on any atom is 0.137 e. The standard InChI is InChI=1S/C14H20BrFN2/c1-11-9-17(2)7-4-8-18(11)10-12-5-3-6-13(16)14(12)15/h3,5-6,11H,4,7-10H2,1-2H3. The van der Waals surface area contributed by atoms with E-state index in [4.69, 9.17) is 0 Å². The largest absolute Gasteiger partial charge is 0.305 e. The number of rotatable bonds is 2. The molecule has 2 rings (SSSR count). The Morgan fingerprint density at radius 2 is 2.17 bits per heavy atom. The lowest BCUT2D eigenvalue weighted by molar-refractivity contribution is 0.194. The van der Waals surface area contributed by atoms with Crippen LogP contribution < -0.4 is 0 Å². The first kappa shape index (κ1) is 14.0. The topological polar surface area (TPSA) is 6.48 Å². The fourth-order valence-corrected chi connectivity index (χ4v) is 2.94. The summed E-state index contributed by atoms with van der Waals surface area (Å²) >= 11 is 3.35. The van der Waals surface area contributed by atoms with Gasteiger partial charge in [-0.3, -0.25) is 4.90 Å². The third kappa shape index (κ3) is 3.31. The van der Waals surface area contributed by atoms with Crippen molar-refractivity contribution < 1.29 is 4.39 Å². The first-order valence-electron chi connectivity index (χ1n) is 6.43. The van der Waals surface area contributed by atoms with Gasteiger partial charge in [0.05, 0.1) is 4.47 Å². The fraction of sp³-hybridized carbons (Fsp3) is 0.571. The van der Waals surface area contributed by atoms with E-state index in [0.717, 1.165) is 31.7 Å². The monoisotopic (exact) mass is 314 g/mol. The fourth-order valence-electron chi connectivity index (χ4n) is 2.55. The average molecular weight is 315 g/mol. The number of nitrogens with zero attached hydrogens (tertiary/aromatic N) is 2. The summed E-state index contributed by atoms with van der Waals surface area (Å²) in [5.41, 5.74) is 1.03. The first-order chi connectivity index (χ1) is 8.58. The smallest absolute Gasteiger partial charge is 0.137 e. The number of benzene rings is 1. The van der Waals surface area contributed by atoms with Crippen LogP contribution in [0.5, 0.6) is 0 Å². The Kier molecular flexibility index (Phi) is 4.76. The zero-order valence-corrected chi connectivity index (χ0v) is 12.6. The molecule has 1 saturated heterocycles. The van der Waals surface area contributed by atoms with Gasteiger partial charge < -0.3 is 4.90 Å².